The van der Waals surface area contributed by atoms with Crippen LogP contribution >= 0.6 is 0 Å². The van der Waals surface area contributed by atoms with Crippen LogP contribution in [0.2, 0.25) is 0 Å². The van der Waals surface area contributed by atoms with E-state index in [1.807, 2.05) is 38.1 Å². The Balaban J connectivity index is 1.95. The molecule has 4 heteroatoms. The Hall–Kier alpha value is -2.75. The molecule has 0 aromatic heterocycles. The summed E-state index contributed by atoms with van der Waals surface area (Å²) in [5, 5.41) is 11.1. The Morgan fingerprint density at radius 3 is 2.54 bits per heavy atom. The Morgan fingerprint density at radius 2 is 1.79 bits per heavy atom. The molecular formula is C20H19NO3. The average Bonchev–Trinajstić information content (AvgIpc) is 2.57. The SMILES string of the molecule is CC1(C)C(=O)C(C=Cc2ccccc2[N+](=O)[O-])Cc2ccccc21. The second-order valence-corrected chi connectivity index (χ2v) is 6.63. The van der Waals surface area contributed by atoms with E-state index in [9.17, 15) is 14.9 Å². The maximum absolute atomic E-state index is 12.9. The topological polar surface area (TPSA) is 60.2 Å². The van der Waals surface area contributed by atoms with Gasteiger partial charge in [0.1, 0.15) is 5.78 Å². The van der Waals surface area contributed by atoms with Crippen LogP contribution in [0.3, 0.4) is 0 Å². The van der Waals surface area contributed by atoms with Crippen molar-refractivity contribution in [3.63, 3.8) is 0 Å². The maximum atomic E-state index is 12.9. The van der Waals surface area contributed by atoms with Gasteiger partial charge in [-0.1, -0.05) is 48.6 Å². The molecule has 0 spiro atoms. The maximum Gasteiger partial charge on any atom is 0.276 e. The number of para-hydroxylation sites is 1. The molecule has 0 aliphatic heterocycles. The zero-order valence-corrected chi connectivity index (χ0v) is 13.7. The summed E-state index contributed by atoms with van der Waals surface area (Å²) >= 11 is 0. The summed E-state index contributed by atoms with van der Waals surface area (Å²) < 4.78 is 0. The molecule has 0 fully saturated rings. The number of carbonyl (C=O) groups is 1. The molecule has 2 aromatic rings. The van der Waals surface area contributed by atoms with E-state index in [0.717, 1.165) is 5.56 Å². The minimum atomic E-state index is -0.549. The zero-order chi connectivity index (χ0) is 17.3. The third kappa shape index (κ3) is 2.75. The molecule has 4 nitrogen and oxygen atoms in total. The molecule has 1 aliphatic rings. The van der Waals surface area contributed by atoms with E-state index in [-0.39, 0.29) is 17.4 Å². The van der Waals surface area contributed by atoms with E-state index >= 15 is 0 Å². The minimum Gasteiger partial charge on any atom is -0.298 e. The van der Waals surface area contributed by atoms with Crippen molar-refractivity contribution in [2.24, 2.45) is 5.92 Å². The zero-order valence-electron chi connectivity index (χ0n) is 13.7. The Morgan fingerprint density at radius 1 is 1.12 bits per heavy atom. The summed E-state index contributed by atoms with van der Waals surface area (Å²) in [6.07, 6.45) is 4.14. The predicted molar refractivity (Wildman–Crippen MR) is 93.8 cm³/mol. The highest BCUT2D eigenvalue weighted by Gasteiger charge is 2.39. The van der Waals surface area contributed by atoms with Crippen LogP contribution < -0.4 is 0 Å². The van der Waals surface area contributed by atoms with Crippen LogP contribution in [0.15, 0.2) is 54.6 Å². The second-order valence-electron chi connectivity index (χ2n) is 6.63. The fourth-order valence-electron chi connectivity index (χ4n) is 3.40. The normalized spacial score (nSPS) is 19.2. The first-order valence-corrected chi connectivity index (χ1v) is 7.95. The van der Waals surface area contributed by atoms with Crippen LogP contribution in [0.4, 0.5) is 5.69 Å². The van der Waals surface area contributed by atoms with Crippen molar-refractivity contribution < 1.29 is 9.72 Å². The van der Waals surface area contributed by atoms with Gasteiger partial charge in [-0.2, -0.15) is 0 Å². The molecule has 0 saturated carbocycles. The van der Waals surface area contributed by atoms with Gasteiger partial charge >= 0.3 is 0 Å². The molecule has 2 aromatic carbocycles. The van der Waals surface area contributed by atoms with Gasteiger partial charge in [0.2, 0.25) is 0 Å². The van der Waals surface area contributed by atoms with Gasteiger partial charge in [0.25, 0.3) is 5.69 Å². The number of nitro groups is 1. The molecule has 0 bridgehead atoms. The van der Waals surface area contributed by atoms with Crippen LogP contribution in [0.5, 0.6) is 0 Å². The summed E-state index contributed by atoms with van der Waals surface area (Å²) in [6.45, 7) is 3.89. The van der Waals surface area contributed by atoms with E-state index in [1.165, 1.54) is 11.6 Å². The van der Waals surface area contributed by atoms with Gasteiger partial charge in [-0.25, -0.2) is 0 Å². The van der Waals surface area contributed by atoms with E-state index in [0.29, 0.717) is 12.0 Å². The van der Waals surface area contributed by atoms with Crippen LogP contribution in [0.1, 0.15) is 30.5 Å². The number of fused-ring (bicyclic) bond motifs is 1. The number of benzene rings is 2. The molecule has 0 amide bonds. The first-order valence-electron chi connectivity index (χ1n) is 7.95. The van der Waals surface area contributed by atoms with Crippen LogP contribution in [-0.2, 0) is 16.6 Å². The molecule has 0 saturated heterocycles. The van der Waals surface area contributed by atoms with Crippen molar-refractivity contribution in [2.45, 2.75) is 25.7 Å². The minimum absolute atomic E-state index is 0.0525. The quantitative estimate of drug-likeness (QED) is 0.624. The summed E-state index contributed by atoms with van der Waals surface area (Å²) in [6, 6.07) is 14.6. The van der Waals surface area contributed by atoms with E-state index < -0.39 is 10.3 Å². The molecule has 0 radical (unpaired) electrons. The Labute approximate surface area is 141 Å². The second kappa shape index (κ2) is 6.04. The summed E-state index contributed by atoms with van der Waals surface area (Å²) in [7, 11) is 0. The number of Topliss-reactive ketones (excluding diaryl/α,β-unsaturated/α-hetero) is 1. The highest BCUT2D eigenvalue weighted by atomic mass is 16.6. The summed E-state index contributed by atoms with van der Waals surface area (Å²) in [5.74, 6) is -0.120. The van der Waals surface area contributed by atoms with E-state index in [4.69, 9.17) is 0 Å². The van der Waals surface area contributed by atoms with Gasteiger partial charge < -0.3 is 0 Å². The summed E-state index contributed by atoms with van der Waals surface area (Å²) in [4.78, 5) is 23.6. The fourth-order valence-corrected chi connectivity index (χ4v) is 3.40. The van der Waals surface area contributed by atoms with E-state index in [2.05, 4.69) is 6.07 Å². The standard InChI is InChI=1S/C20H19NO3/c1-20(2)17-9-5-3-8-15(17)13-16(19(20)22)12-11-14-7-4-6-10-18(14)21(23)24/h3-12,16H,13H2,1-2H3. The highest BCUT2D eigenvalue weighted by Crippen LogP contribution is 2.37. The van der Waals surface area contributed by atoms with Crippen molar-refractivity contribution in [1.82, 2.24) is 0 Å². The molecule has 1 atom stereocenters. The first-order chi connectivity index (χ1) is 11.4. The van der Waals surface area contributed by atoms with Gasteiger partial charge in [0, 0.05) is 17.4 Å². The molecule has 0 N–H and O–H groups in total. The van der Waals surface area contributed by atoms with Crippen molar-refractivity contribution in [1.29, 1.82) is 0 Å². The molecular weight excluding hydrogens is 302 g/mol. The van der Waals surface area contributed by atoms with Gasteiger partial charge in [0.05, 0.1) is 10.5 Å². The van der Waals surface area contributed by atoms with Crippen molar-refractivity contribution in [3.8, 4) is 0 Å². The van der Waals surface area contributed by atoms with Crippen molar-refractivity contribution in [2.75, 3.05) is 0 Å². The lowest BCUT2D eigenvalue weighted by atomic mass is 9.67. The third-order valence-electron chi connectivity index (χ3n) is 4.72. The molecule has 1 aliphatic carbocycles. The number of hydrogen-bond donors (Lipinski definition) is 0. The lowest BCUT2D eigenvalue weighted by molar-refractivity contribution is -0.385. The number of hydrogen-bond acceptors (Lipinski definition) is 3. The lowest BCUT2D eigenvalue weighted by Gasteiger charge is -2.34. The molecule has 24 heavy (non-hydrogen) atoms. The highest BCUT2D eigenvalue weighted by molar-refractivity contribution is 5.95. The number of rotatable bonds is 3. The van der Waals surface area contributed by atoms with Crippen molar-refractivity contribution >= 4 is 17.5 Å². The number of nitrogens with zero attached hydrogens (tertiary/aromatic N) is 1. The monoisotopic (exact) mass is 321 g/mol. The van der Waals surface area contributed by atoms with Crippen LogP contribution in [0.25, 0.3) is 6.08 Å². The third-order valence-corrected chi connectivity index (χ3v) is 4.72. The average molecular weight is 321 g/mol. The lowest BCUT2D eigenvalue weighted by Crippen LogP contribution is -2.40. The number of carbonyl (C=O) groups excluding carboxylic acids is 1. The Kier molecular flexibility index (Phi) is 4.06. The summed E-state index contributed by atoms with van der Waals surface area (Å²) in [5.41, 5.74) is 2.26. The van der Waals surface area contributed by atoms with Gasteiger partial charge in [-0.05, 0) is 37.5 Å². The van der Waals surface area contributed by atoms with Gasteiger partial charge in [-0.15, -0.1) is 0 Å². The van der Waals surface area contributed by atoms with Crippen LogP contribution in [-0.4, -0.2) is 10.7 Å². The molecule has 1 unspecified atom stereocenters. The molecule has 0 heterocycles. The fraction of sp³-hybridized carbons (Fsp3) is 0.250. The first kappa shape index (κ1) is 16.1. The van der Waals surface area contributed by atoms with Crippen LogP contribution in [0, 0.1) is 16.0 Å². The number of allylic oxidation sites excluding steroid dienone is 1. The predicted octanol–water partition coefficient (Wildman–Crippen LogP) is 4.33. The largest absolute Gasteiger partial charge is 0.298 e. The molecule has 3 rings (SSSR count). The Bertz CT molecular complexity index is 836. The molecule has 122 valence electrons. The van der Waals surface area contributed by atoms with E-state index in [1.54, 1.807) is 24.3 Å². The van der Waals surface area contributed by atoms with Gasteiger partial charge in [0.15, 0.2) is 0 Å². The number of nitro benzene ring substituents is 1. The van der Waals surface area contributed by atoms with Crippen molar-refractivity contribution in [3.05, 3.63) is 81.4 Å². The smallest absolute Gasteiger partial charge is 0.276 e. The number of ketones is 1. The van der Waals surface area contributed by atoms with Gasteiger partial charge in [-0.3, -0.25) is 14.9 Å².